The Morgan fingerprint density at radius 2 is 1.86 bits per heavy atom. The molecule has 1 aliphatic heterocycles. The number of nitrogens with zero attached hydrogens (tertiary/aromatic N) is 1. The standard InChI is InChI=1S/C18H34N2O/c1-17(2,3)21-12-11-20-14-18(9-5-4-6-10-18)19-13-16(20)15-7-8-15/h15-16,19H,4-14H2,1-3H3. The van der Waals surface area contributed by atoms with Crippen LogP contribution in [0.25, 0.3) is 0 Å². The lowest BCUT2D eigenvalue weighted by Crippen LogP contribution is -2.65. The van der Waals surface area contributed by atoms with Crippen LogP contribution < -0.4 is 5.32 Å². The highest BCUT2D eigenvalue weighted by Gasteiger charge is 2.44. The van der Waals surface area contributed by atoms with Crippen molar-refractivity contribution in [1.29, 1.82) is 0 Å². The molecule has 3 heteroatoms. The molecule has 0 radical (unpaired) electrons. The van der Waals surface area contributed by atoms with Gasteiger partial charge in [0, 0.05) is 31.2 Å². The van der Waals surface area contributed by atoms with Crippen molar-refractivity contribution in [3.63, 3.8) is 0 Å². The van der Waals surface area contributed by atoms with Crippen LogP contribution in [0.1, 0.15) is 65.7 Å². The summed E-state index contributed by atoms with van der Waals surface area (Å²) >= 11 is 0. The van der Waals surface area contributed by atoms with Crippen molar-refractivity contribution in [2.45, 2.75) is 82.9 Å². The third-order valence-corrected chi connectivity index (χ3v) is 5.55. The van der Waals surface area contributed by atoms with Gasteiger partial charge in [0.2, 0.25) is 0 Å². The van der Waals surface area contributed by atoms with Crippen LogP contribution in [0.2, 0.25) is 0 Å². The summed E-state index contributed by atoms with van der Waals surface area (Å²) in [6.07, 6.45) is 9.89. The molecule has 1 N–H and O–H groups in total. The molecule has 3 nitrogen and oxygen atoms in total. The summed E-state index contributed by atoms with van der Waals surface area (Å²) in [7, 11) is 0. The largest absolute Gasteiger partial charge is 0.375 e. The fraction of sp³-hybridized carbons (Fsp3) is 1.00. The van der Waals surface area contributed by atoms with Gasteiger partial charge in [-0.05, 0) is 52.4 Å². The van der Waals surface area contributed by atoms with Gasteiger partial charge in [0.15, 0.2) is 0 Å². The highest BCUT2D eigenvalue weighted by Crippen LogP contribution is 2.39. The Kier molecular flexibility index (Phi) is 4.63. The molecule has 21 heavy (non-hydrogen) atoms. The van der Waals surface area contributed by atoms with Crippen molar-refractivity contribution < 1.29 is 4.74 Å². The highest BCUT2D eigenvalue weighted by molar-refractivity contribution is 5.03. The van der Waals surface area contributed by atoms with Gasteiger partial charge in [-0.15, -0.1) is 0 Å². The minimum atomic E-state index is -0.00829. The van der Waals surface area contributed by atoms with Crippen LogP contribution in [0.3, 0.4) is 0 Å². The van der Waals surface area contributed by atoms with Crippen molar-refractivity contribution in [2.24, 2.45) is 5.92 Å². The highest BCUT2D eigenvalue weighted by atomic mass is 16.5. The second-order valence-corrected chi connectivity index (χ2v) is 8.56. The van der Waals surface area contributed by atoms with E-state index in [1.807, 2.05) is 0 Å². The summed E-state index contributed by atoms with van der Waals surface area (Å²) in [5, 5.41) is 3.96. The van der Waals surface area contributed by atoms with Gasteiger partial charge in [-0.1, -0.05) is 19.3 Å². The molecule has 1 spiro atoms. The molecule has 3 rings (SSSR count). The van der Waals surface area contributed by atoms with Gasteiger partial charge in [0.25, 0.3) is 0 Å². The average Bonchev–Trinajstić information content (AvgIpc) is 3.23. The third-order valence-electron chi connectivity index (χ3n) is 5.55. The molecule has 0 bridgehead atoms. The SMILES string of the molecule is CC(C)(C)OCCN1CC2(CCCCC2)NCC1C1CC1. The van der Waals surface area contributed by atoms with Gasteiger partial charge in [-0.3, -0.25) is 4.90 Å². The van der Waals surface area contributed by atoms with E-state index in [0.29, 0.717) is 5.54 Å². The van der Waals surface area contributed by atoms with Crippen molar-refractivity contribution in [1.82, 2.24) is 10.2 Å². The summed E-state index contributed by atoms with van der Waals surface area (Å²) in [5.74, 6) is 0.952. The van der Waals surface area contributed by atoms with E-state index < -0.39 is 0 Å². The quantitative estimate of drug-likeness (QED) is 0.862. The number of nitrogens with one attached hydrogen (secondary N) is 1. The van der Waals surface area contributed by atoms with Gasteiger partial charge in [0.05, 0.1) is 12.2 Å². The summed E-state index contributed by atoms with van der Waals surface area (Å²) in [6.45, 7) is 10.9. The first kappa shape index (κ1) is 15.8. The first-order valence-electron chi connectivity index (χ1n) is 9.11. The normalized spacial score (nSPS) is 30.7. The van der Waals surface area contributed by atoms with Crippen molar-refractivity contribution in [2.75, 3.05) is 26.2 Å². The van der Waals surface area contributed by atoms with Gasteiger partial charge in [-0.2, -0.15) is 0 Å². The first-order chi connectivity index (χ1) is 9.98. The predicted octanol–water partition coefficient (Wildman–Crippen LogP) is 3.19. The summed E-state index contributed by atoms with van der Waals surface area (Å²) in [6, 6.07) is 0.765. The van der Waals surface area contributed by atoms with E-state index in [2.05, 4.69) is 31.0 Å². The van der Waals surface area contributed by atoms with Gasteiger partial charge >= 0.3 is 0 Å². The molecule has 1 heterocycles. The van der Waals surface area contributed by atoms with Crippen molar-refractivity contribution >= 4 is 0 Å². The lowest BCUT2D eigenvalue weighted by Gasteiger charge is -2.50. The fourth-order valence-electron chi connectivity index (χ4n) is 4.24. The molecule has 3 aliphatic rings. The predicted molar refractivity (Wildman–Crippen MR) is 87.6 cm³/mol. The molecule has 0 amide bonds. The zero-order valence-electron chi connectivity index (χ0n) is 14.3. The van der Waals surface area contributed by atoms with E-state index in [1.165, 1.54) is 58.0 Å². The Morgan fingerprint density at radius 1 is 1.14 bits per heavy atom. The molecule has 0 aromatic rings. The van der Waals surface area contributed by atoms with Crippen LogP contribution in [0.5, 0.6) is 0 Å². The number of hydrogen-bond acceptors (Lipinski definition) is 3. The van der Waals surface area contributed by atoms with Crippen LogP contribution in [-0.2, 0) is 4.74 Å². The number of rotatable bonds is 4. The zero-order valence-corrected chi connectivity index (χ0v) is 14.3. The fourth-order valence-corrected chi connectivity index (χ4v) is 4.24. The molecule has 1 unspecified atom stereocenters. The summed E-state index contributed by atoms with van der Waals surface area (Å²) < 4.78 is 5.99. The monoisotopic (exact) mass is 294 g/mol. The molecule has 0 aromatic carbocycles. The first-order valence-corrected chi connectivity index (χ1v) is 9.11. The average molecular weight is 294 g/mol. The van der Waals surface area contributed by atoms with Gasteiger partial charge in [-0.25, -0.2) is 0 Å². The summed E-state index contributed by atoms with van der Waals surface area (Å²) in [5.41, 5.74) is 0.414. The Balaban J connectivity index is 1.58. The molecule has 3 fully saturated rings. The van der Waals surface area contributed by atoms with Gasteiger partial charge < -0.3 is 10.1 Å². The van der Waals surface area contributed by atoms with Crippen molar-refractivity contribution in [3.05, 3.63) is 0 Å². The van der Waals surface area contributed by atoms with Crippen molar-refractivity contribution in [3.8, 4) is 0 Å². The number of hydrogen-bond donors (Lipinski definition) is 1. The maximum atomic E-state index is 5.99. The van der Waals surface area contributed by atoms with Crippen LogP contribution >= 0.6 is 0 Å². The second kappa shape index (κ2) is 6.17. The molecule has 2 saturated carbocycles. The molecular weight excluding hydrogens is 260 g/mol. The lowest BCUT2D eigenvalue weighted by atomic mass is 9.79. The maximum absolute atomic E-state index is 5.99. The van der Waals surface area contributed by atoms with E-state index in [4.69, 9.17) is 4.74 Å². The molecule has 0 aromatic heterocycles. The minimum Gasteiger partial charge on any atom is -0.375 e. The second-order valence-electron chi connectivity index (χ2n) is 8.56. The maximum Gasteiger partial charge on any atom is 0.0600 e. The lowest BCUT2D eigenvalue weighted by molar-refractivity contribution is -0.0329. The van der Waals surface area contributed by atoms with Crippen LogP contribution in [-0.4, -0.2) is 48.3 Å². The minimum absolute atomic E-state index is 0.00829. The zero-order chi connectivity index (χ0) is 14.9. The van der Waals surface area contributed by atoms with E-state index in [1.54, 1.807) is 0 Å². The van der Waals surface area contributed by atoms with Crippen LogP contribution in [0.15, 0.2) is 0 Å². The molecular formula is C18H34N2O. The van der Waals surface area contributed by atoms with E-state index in [9.17, 15) is 0 Å². The van der Waals surface area contributed by atoms with E-state index in [-0.39, 0.29) is 5.60 Å². The smallest absolute Gasteiger partial charge is 0.0600 e. The topological polar surface area (TPSA) is 24.5 Å². The number of ether oxygens (including phenoxy) is 1. The third kappa shape index (κ3) is 4.20. The molecule has 1 atom stereocenters. The van der Waals surface area contributed by atoms with E-state index >= 15 is 0 Å². The van der Waals surface area contributed by atoms with Gasteiger partial charge in [0.1, 0.15) is 0 Å². The molecule has 2 aliphatic carbocycles. The molecule has 1 saturated heterocycles. The van der Waals surface area contributed by atoms with Crippen LogP contribution in [0.4, 0.5) is 0 Å². The van der Waals surface area contributed by atoms with E-state index in [0.717, 1.165) is 25.1 Å². The Morgan fingerprint density at radius 3 is 2.48 bits per heavy atom. The Labute approximate surface area is 130 Å². The Bertz CT molecular complexity index is 340. The Hall–Kier alpha value is -0.120. The number of piperazine rings is 1. The summed E-state index contributed by atoms with van der Waals surface area (Å²) in [4.78, 5) is 2.77. The van der Waals surface area contributed by atoms with Crippen LogP contribution in [0, 0.1) is 5.92 Å². The molecule has 122 valence electrons.